The van der Waals surface area contributed by atoms with E-state index in [-0.39, 0.29) is 5.28 Å². The van der Waals surface area contributed by atoms with E-state index in [0.717, 1.165) is 4.34 Å². The molecule has 0 saturated carbocycles. The predicted molar refractivity (Wildman–Crippen MR) is 60.2 cm³/mol. The summed E-state index contributed by atoms with van der Waals surface area (Å²) in [5, 5.41) is 8.41. The van der Waals surface area contributed by atoms with Crippen LogP contribution < -0.4 is 5.73 Å². The monoisotopic (exact) mass is 259 g/mol. The maximum atomic E-state index is 5.82. The molecule has 0 bridgehead atoms. The molecule has 15 heavy (non-hydrogen) atoms. The summed E-state index contributed by atoms with van der Waals surface area (Å²) in [5.41, 5.74) is 8.66. The molecule has 0 spiro atoms. The fraction of sp³-hybridized carbons (Fsp3) is 0.143. The number of hydrogen-bond acceptors (Lipinski definition) is 7. The fourth-order valence-corrected chi connectivity index (χ4v) is 2.63. The summed E-state index contributed by atoms with van der Waals surface area (Å²) in [6.07, 6.45) is 0. The molecule has 0 amide bonds. The Bertz CT molecular complexity index is 472. The van der Waals surface area contributed by atoms with Crippen LogP contribution in [0.3, 0.4) is 0 Å². The molecule has 2 aromatic heterocycles. The third-order valence-corrected chi connectivity index (χ3v) is 3.55. The van der Waals surface area contributed by atoms with Gasteiger partial charge in [-0.2, -0.15) is 0 Å². The first-order valence-corrected chi connectivity index (χ1v) is 5.98. The average molecular weight is 260 g/mol. The van der Waals surface area contributed by atoms with Crippen molar-refractivity contribution >= 4 is 40.4 Å². The van der Waals surface area contributed by atoms with Gasteiger partial charge in [0.1, 0.15) is 10.5 Å². The lowest BCUT2D eigenvalue weighted by atomic mass is 10.4. The van der Waals surface area contributed by atoms with Crippen LogP contribution in [0, 0.1) is 6.92 Å². The maximum Gasteiger partial charge on any atom is 0.223 e. The molecule has 78 valence electrons. The Morgan fingerprint density at radius 3 is 2.93 bits per heavy atom. The van der Waals surface area contributed by atoms with Crippen LogP contribution in [0.25, 0.3) is 0 Å². The van der Waals surface area contributed by atoms with Crippen molar-refractivity contribution < 1.29 is 0 Å². The van der Waals surface area contributed by atoms with E-state index in [4.69, 9.17) is 17.3 Å². The van der Waals surface area contributed by atoms with Crippen LogP contribution in [0.4, 0.5) is 5.69 Å². The van der Waals surface area contributed by atoms with Crippen LogP contribution in [0.15, 0.2) is 14.9 Å². The molecule has 0 aromatic carbocycles. The van der Waals surface area contributed by atoms with Crippen LogP contribution in [0.2, 0.25) is 5.28 Å². The fourth-order valence-electron chi connectivity index (χ4n) is 0.890. The second-order valence-corrected chi connectivity index (χ2v) is 5.01. The Balaban J connectivity index is 2.36. The molecule has 2 heterocycles. The Labute approximate surface area is 99.1 Å². The zero-order valence-corrected chi connectivity index (χ0v) is 10.0. The molecule has 2 N–H and O–H groups in total. The topological polar surface area (TPSA) is 77.6 Å². The Kier molecular flexibility index (Phi) is 3.03. The molecule has 0 aliphatic carbocycles. The molecule has 0 fully saturated rings. The van der Waals surface area contributed by atoms with Gasteiger partial charge in [0, 0.05) is 0 Å². The molecule has 0 atom stereocenters. The zero-order valence-electron chi connectivity index (χ0n) is 7.64. The molecule has 0 saturated heterocycles. The highest BCUT2D eigenvalue weighted by molar-refractivity contribution is 8.01. The number of anilines is 1. The van der Waals surface area contributed by atoms with E-state index in [1.54, 1.807) is 12.4 Å². The third-order valence-electron chi connectivity index (χ3n) is 1.60. The zero-order chi connectivity index (χ0) is 10.8. The van der Waals surface area contributed by atoms with Crippen LogP contribution in [-0.4, -0.2) is 20.2 Å². The summed E-state index contributed by atoms with van der Waals surface area (Å²) < 4.78 is 0.774. The molecule has 0 unspecified atom stereocenters. The van der Waals surface area contributed by atoms with Crippen molar-refractivity contribution in [2.75, 3.05) is 5.73 Å². The van der Waals surface area contributed by atoms with E-state index < -0.39 is 0 Å². The van der Waals surface area contributed by atoms with Crippen molar-refractivity contribution in [2.45, 2.75) is 16.3 Å². The lowest BCUT2D eigenvalue weighted by Crippen LogP contribution is -1.99. The summed E-state index contributed by atoms with van der Waals surface area (Å²) in [7, 11) is 0. The molecule has 8 heteroatoms. The number of rotatable bonds is 2. The molecule has 5 nitrogen and oxygen atoms in total. The number of halogens is 1. The minimum Gasteiger partial charge on any atom is -0.395 e. The molecule has 0 aliphatic heterocycles. The van der Waals surface area contributed by atoms with Gasteiger partial charge in [-0.3, -0.25) is 0 Å². The first-order chi connectivity index (χ1) is 7.16. The van der Waals surface area contributed by atoms with Gasteiger partial charge in [-0.25, -0.2) is 9.97 Å². The van der Waals surface area contributed by atoms with Crippen molar-refractivity contribution in [3.05, 3.63) is 16.5 Å². The van der Waals surface area contributed by atoms with E-state index in [0.29, 0.717) is 16.4 Å². The second-order valence-electron chi connectivity index (χ2n) is 2.60. The molecule has 2 rings (SSSR count). The number of aryl methyl sites for hydroxylation is 1. The summed E-state index contributed by atoms with van der Waals surface area (Å²) in [4.78, 5) is 7.99. The van der Waals surface area contributed by atoms with E-state index in [1.807, 2.05) is 0 Å². The Morgan fingerprint density at radius 1 is 1.47 bits per heavy atom. The number of nitrogens with two attached hydrogens (primary N) is 1. The lowest BCUT2D eigenvalue weighted by Gasteiger charge is -2.04. The van der Waals surface area contributed by atoms with Gasteiger partial charge in [0.05, 0.1) is 11.4 Å². The molecule has 0 radical (unpaired) electrons. The van der Waals surface area contributed by atoms with Gasteiger partial charge in [0.25, 0.3) is 0 Å². The summed E-state index contributed by atoms with van der Waals surface area (Å²) in [6.45, 7) is 1.78. The van der Waals surface area contributed by atoms with Crippen LogP contribution in [0.1, 0.15) is 5.69 Å². The normalized spacial score (nSPS) is 10.5. The van der Waals surface area contributed by atoms with Crippen molar-refractivity contribution in [1.82, 2.24) is 20.2 Å². The van der Waals surface area contributed by atoms with Gasteiger partial charge in [0.15, 0.2) is 4.34 Å². The second kappa shape index (κ2) is 4.30. The van der Waals surface area contributed by atoms with Gasteiger partial charge < -0.3 is 5.73 Å². The van der Waals surface area contributed by atoms with E-state index >= 15 is 0 Å². The van der Waals surface area contributed by atoms with Gasteiger partial charge in [-0.1, -0.05) is 11.3 Å². The Morgan fingerprint density at radius 2 is 2.27 bits per heavy atom. The summed E-state index contributed by atoms with van der Waals surface area (Å²) in [6, 6.07) is 0. The third kappa shape index (κ3) is 2.36. The number of nitrogen functional groups attached to an aromatic ring is 1. The lowest BCUT2D eigenvalue weighted by molar-refractivity contribution is 0.992. The minimum absolute atomic E-state index is 0.189. The van der Waals surface area contributed by atoms with Gasteiger partial charge in [-0.15, -0.1) is 10.2 Å². The SMILES string of the molecule is Cc1nc(Cl)nc(Sc2nncs2)c1N. The molecular weight excluding hydrogens is 254 g/mol. The van der Waals surface area contributed by atoms with Crippen molar-refractivity contribution in [2.24, 2.45) is 0 Å². The van der Waals surface area contributed by atoms with Gasteiger partial charge in [0.2, 0.25) is 5.28 Å². The van der Waals surface area contributed by atoms with Crippen LogP contribution >= 0.6 is 34.7 Å². The van der Waals surface area contributed by atoms with Crippen LogP contribution in [-0.2, 0) is 0 Å². The van der Waals surface area contributed by atoms with Gasteiger partial charge >= 0.3 is 0 Å². The average Bonchev–Trinajstić information content (AvgIpc) is 2.66. The number of nitrogens with zero attached hydrogens (tertiary/aromatic N) is 4. The Hall–Kier alpha value is -0.920. The summed E-state index contributed by atoms with van der Waals surface area (Å²) in [5.74, 6) is 0. The molecule has 0 aliphatic rings. The highest BCUT2D eigenvalue weighted by Gasteiger charge is 2.10. The number of aromatic nitrogens is 4. The van der Waals surface area contributed by atoms with Crippen molar-refractivity contribution in [3.63, 3.8) is 0 Å². The smallest absolute Gasteiger partial charge is 0.223 e. The number of hydrogen-bond donors (Lipinski definition) is 1. The van der Waals surface area contributed by atoms with Crippen molar-refractivity contribution in [1.29, 1.82) is 0 Å². The van der Waals surface area contributed by atoms with Crippen molar-refractivity contribution in [3.8, 4) is 0 Å². The first kappa shape index (κ1) is 10.6. The van der Waals surface area contributed by atoms with E-state index in [9.17, 15) is 0 Å². The minimum atomic E-state index is 0.189. The molecule has 2 aromatic rings. The highest BCUT2D eigenvalue weighted by Crippen LogP contribution is 2.32. The molecular formula is C7H6ClN5S2. The largest absolute Gasteiger partial charge is 0.395 e. The maximum absolute atomic E-state index is 5.82. The predicted octanol–water partition coefficient (Wildman–Crippen LogP) is 2.02. The van der Waals surface area contributed by atoms with E-state index in [1.165, 1.54) is 23.1 Å². The van der Waals surface area contributed by atoms with Gasteiger partial charge in [-0.05, 0) is 30.3 Å². The standard InChI is InChI=1S/C7H6ClN5S2/c1-3-4(9)5(12-6(8)11-3)15-7-13-10-2-14-7/h2H,9H2,1H3. The highest BCUT2D eigenvalue weighted by atomic mass is 35.5. The quantitative estimate of drug-likeness (QED) is 0.657. The summed E-state index contributed by atoms with van der Waals surface area (Å²) >= 11 is 8.49. The van der Waals surface area contributed by atoms with E-state index in [2.05, 4.69) is 20.2 Å². The van der Waals surface area contributed by atoms with Crippen LogP contribution in [0.5, 0.6) is 0 Å². The first-order valence-electron chi connectivity index (χ1n) is 3.90.